The lowest BCUT2D eigenvalue weighted by Crippen LogP contribution is -2.34. The summed E-state index contributed by atoms with van der Waals surface area (Å²) < 4.78 is 13.1. The predicted octanol–water partition coefficient (Wildman–Crippen LogP) is 5.51. The molecule has 0 saturated heterocycles. The van der Waals surface area contributed by atoms with E-state index in [2.05, 4.69) is 10.6 Å². The highest BCUT2D eigenvalue weighted by atomic mass is 35.5. The Labute approximate surface area is 163 Å². The number of carbonyl (C=O) groups is 1. The summed E-state index contributed by atoms with van der Waals surface area (Å²) in [5.74, 6) is -0.579. The molecule has 2 N–H and O–H groups in total. The van der Waals surface area contributed by atoms with E-state index in [1.165, 1.54) is 24.3 Å². The molecule has 0 aliphatic carbocycles. The lowest BCUT2D eigenvalue weighted by atomic mass is 10.0. The first kappa shape index (κ1) is 19.1. The van der Waals surface area contributed by atoms with E-state index in [0.717, 1.165) is 11.1 Å². The van der Waals surface area contributed by atoms with Gasteiger partial charge in [-0.25, -0.2) is 4.39 Å². The van der Waals surface area contributed by atoms with Gasteiger partial charge in [0.15, 0.2) is 0 Å². The molecule has 1 amide bonds. The third-order valence-corrected chi connectivity index (χ3v) is 4.64. The summed E-state index contributed by atoms with van der Waals surface area (Å²) in [5, 5.41) is 6.83. The Balaban J connectivity index is 1.84. The van der Waals surface area contributed by atoms with Crippen LogP contribution in [0.5, 0.6) is 0 Å². The van der Waals surface area contributed by atoms with Gasteiger partial charge in [0.2, 0.25) is 5.91 Å². The minimum atomic E-state index is -0.595. The lowest BCUT2D eigenvalue weighted by molar-refractivity contribution is -0.118. The average Bonchev–Trinajstić information content (AvgIpc) is 2.68. The topological polar surface area (TPSA) is 41.1 Å². The molecule has 0 aliphatic heterocycles. The largest absolute Gasteiger partial charge is 0.324 e. The highest BCUT2D eigenvalue weighted by molar-refractivity contribution is 6.31. The van der Waals surface area contributed by atoms with Gasteiger partial charge in [-0.3, -0.25) is 10.1 Å². The van der Waals surface area contributed by atoms with E-state index in [1.54, 1.807) is 0 Å². The number of hydrogen-bond donors (Lipinski definition) is 2. The highest BCUT2D eigenvalue weighted by Gasteiger charge is 2.23. The number of rotatable bonds is 6. The second-order valence-corrected chi connectivity index (χ2v) is 6.66. The van der Waals surface area contributed by atoms with E-state index in [9.17, 15) is 9.18 Å². The summed E-state index contributed by atoms with van der Waals surface area (Å²) >= 11 is 6.30. The predicted molar refractivity (Wildman–Crippen MR) is 107 cm³/mol. The van der Waals surface area contributed by atoms with Crippen LogP contribution in [0, 0.1) is 5.82 Å². The number of benzene rings is 3. The maximum absolute atomic E-state index is 13.1. The normalized spacial score (nSPS) is 13.0. The van der Waals surface area contributed by atoms with Crippen molar-refractivity contribution in [1.82, 2.24) is 5.32 Å². The number of anilines is 1. The molecule has 0 heterocycles. The maximum Gasteiger partial charge on any atom is 0.246 e. The Morgan fingerprint density at radius 3 is 2.22 bits per heavy atom. The third kappa shape index (κ3) is 4.94. The first-order valence-electron chi connectivity index (χ1n) is 8.66. The average molecular weight is 383 g/mol. The molecule has 3 aromatic carbocycles. The van der Waals surface area contributed by atoms with Gasteiger partial charge in [0.05, 0.1) is 0 Å². The molecular weight excluding hydrogens is 363 g/mol. The molecule has 0 spiro atoms. The number of nitrogens with one attached hydrogen (secondary N) is 2. The standard InChI is InChI=1S/C22H20ClFN2O/c1-15(19-9-5-6-10-20(19)23)25-21(16-7-3-2-4-8-16)22(27)26-18-13-11-17(24)12-14-18/h2-15,21,25H,1H3,(H,26,27)/t15-,21-/m1/s1. The fourth-order valence-corrected chi connectivity index (χ4v) is 3.18. The van der Waals surface area contributed by atoms with Crippen LogP contribution in [0.15, 0.2) is 78.9 Å². The molecular formula is C22H20ClFN2O. The van der Waals surface area contributed by atoms with Crippen molar-refractivity contribution >= 4 is 23.2 Å². The van der Waals surface area contributed by atoms with E-state index in [1.807, 2.05) is 61.5 Å². The first-order valence-corrected chi connectivity index (χ1v) is 9.04. The Hall–Kier alpha value is -2.69. The second-order valence-electron chi connectivity index (χ2n) is 6.25. The fourth-order valence-electron chi connectivity index (χ4n) is 2.88. The van der Waals surface area contributed by atoms with Crippen molar-refractivity contribution in [2.75, 3.05) is 5.32 Å². The van der Waals surface area contributed by atoms with E-state index in [0.29, 0.717) is 10.7 Å². The van der Waals surface area contributed by atoms with Crippen molar-refractivity contribution < 1.29 is 9.18 Å². The van der Waals surface area contributed by atoms with Gasteiger partial charge in [-0.15, -0.1) is 0 Å². The van der Waals surface area contributed by atoms with Crippen LogP contribution in [0.2, 0.25) is 5.02 Å². The quantitative estimate of drug-likeness (QED) is 0.590. The van der Waals surface area contributed by atoms with Crippen LogP contribution in [0.4, 0.5) is 10.1 Å². The van der Waals surface area contributed by atoms with Gasteiger partial charge in [-0.05, 0) is 48.4 Å². The van der Waals surface area contributed by atoms with E-state index < -0.39 is 6.04 Å². The van der Waals surface area contributed by atoms with Gasteiger partial charge in [0.1, 0.15) is 11.9 Å². The van der Waals surface area contributed by atoms with Gasteiger partial charge in [0.25, 0.3) is 0 Å². The Morgan fingerprint density at radius 1 is 0.926 bits per heavy atom. The summed E-state index contributed by atoms with van der Waals surface area (Å²) in [5.41, 5.74) is 2.28. The smallest absolute Gasteiger partial charge is 0.246 e. The van der Waals surface area contributed by atoms with E-state index >= 15 is 0 Å². The van der Waals surface area contributed by atoms with Crippen LogP contribution in [0.3, 0.4) is 0 Å². The molecule has 3 nitrogen and oxygen atoms in total. The highest BCUT2D eigenvalue weighted by Crippen LogP contribution is 2.26. The molecule has 0 saturated carbocycles. The monoisotopic (exact) mass is 382 g/mol. The number of hydrogen-bond acceptors (Lipinski definition) is 2. The summed E-state index contributed by atoms with van der Waals surface area (Å²) in [4.78, 5) is 12.9. The van der Waals surface area contributed by atoms with Crippen LogP contribution in [-0.2, 0) is 4.79 Å². The maximum atomic E-state index is 13.1. The van der Waals surface area contributed by atoms with Crippen molar-refractivity contribution in [3.8, 4) is 0 Å². The Morgan fingerprint density at radius 2 is 1.56 bits per heavy atom. The van der Waals surface area contributed by atoms with Crippen molar-refractivity contribution in [1.29, 1.82) is 0 Å². The number of halogens is 2. The Bertz CT molecular complexity index is 900. The Kier molecular flexibility index (Phi) is 6.22. The van der Waals surface area contributed by atoms with Crippen LogP contribution in [0.1, 0.15) is 30.1 Å². The molecule has 0 aromatic heterocycles. The molecule has 138 valence electrons. The zero-order valence-corrected chi connectivity index (χ0v) is 15.6. The van der Waals surface area contributed by atoms with Crippen LogP contribution in [-0.4, -0.2) is 5.91 Å². The molecule has 27 heavy (non-hydrogen) atoms. The number of carbonyl (C=O) groups excluding carboxylic acids is 1. The van der Waals surface area contributed by atoms with Crippen molar-refractivity contribution in [2.24, 2.45) is 0 Å². The fraction of sp³-hybridized carbons (Fsp3) is 0.136. The van der Waals surface area contributed by atoms with Crippen molar-refractivity contribution in [2.45, 2.75) is 19.0 Å². The molecule has 0 bridgehead atoms. The summed E-state index contributed by atoms with van der Waals surface area (Å²) in [6, 6.07) is 21.9. The van der Waals surface area contributed by atoms with Gasteiger partial charge in [-0.1, -0.05) is 60.1 Å². The van der Waals surface area contributed by atoms with Crippen LogP contribution in [0.25, 0.3) is 0 Å². The zero-order valence-electron chi connectivity index (χ0n) is 14.8. The molecule has 3 aromatic rings. The van der Waals surface area contributed by atoms with Crippen molar-refractivity contribution in [3.63, 3.8) is 0 Å². The summed E-state index contributed by atoms with van der Waals surface area (Å²) in [7, 11) is 0. The van der Waals surface area contributed by atoms with Gasteiger partial charge in [-0.2, -0.15) is 0 Å². The summed E-state index contributed by atoms with van der Waals surface area (Å²) in [6.45, 7) is 1.96. The van der Waals surface area contributed by atoms with Gasteiger partial charge < -0.3 is 5.32 Å². The molecule has 5 heteroatoms. The molecule has 3 rings (SSSR count). The SMILES string of the molecule is C[C@@H](N[C@@H](C(=O)Nc1ccc(F)cc1)c1ccccc1)c1ccccc1Cl. The van der Waals surface area contributed by atoms with Crippen molar-refractivity contribution in [3.05, 3.63) is 101 Å². The van der Waals surface area contributed by atoms with Crippen LogP contribution >= 0.6 is 11.6 Å². The zero-order chi connectivity index (χ0) is 19.2. The molecule has 2 atom stereocenters. The third-order valence-electron chi connectivity index (χ3n) is 4.30. The first-order chi connectivity index (χ1) is 13.0. The number of amides is 1. The molecule has 0 radical (unpaired) electrons. The second kappa shape index (κ2) is 8.80. The molecule has 0 aliphatic rings. The van der Waals surface area contributed by atoms with E-state index in [4.69, 9.17) is 11.6 Å². The lowest BCUT2D eigenvalue weighted by Gasteiger charge is -2.24. The van der Waals surface area contributed by atoms with Gasteiger partial charge >= 0.3 is 0 Å². The van der Waals surface area contributed by atoms with Gasteiger partial charge in [0, 0.05) is 16.8 Å². The van der Waals surface area contributed by atoms with Crippen LogP contribution < -0.4 is 10.6 Å². The summed E-state index contributed by atoms with van der Waals surface area (Å²) in [6.07, 6.45) is 0. The van der Waals surface area contributed by atoms with E-state index in [-0.39, 0.29) is 17.8 Å². The minimum Gasteiger partial charge on any atom is -0.324 e. The molecule has 0 fully saturated rings. The molecule has 0 unspecified atom stereocenters. The minimum absolute atomic E-state index is 0.150.